The average Bonchev–Trinajstić information content (AvgIpc) is 3.09. The summed E-state index contributed by atoms with van der Waals surface area (Å²) < 4.78 is 0. The Balaban J connectivity index is 1.90. The van der Waals surface area contributed by atoms with Gasteiger partial charge in [0.25, 0.3) is 0 Å². The number of nitrogens with zero attached hydrogens (tertiary/aromatic N) is 4. The average molecular weight is 708 g/mol. The van der Waals surface area contributed by atoms with Crippen LogP contribution in [0.4, 0.5) is 0 Å². The predicted octanol–water partition coefficient (Wildman–Crippen LogP) is 6.12. The SMILES string of the molecule is CC(C)(C)C(=O)NC(=NCCN(CCN=C(NC(=O)C(C)(C)C)c1ccccc1)CCN=C(NC(=O)C(C)(C)C)c1ccccc1)c1ccccc1. The van der Waals surface area contributed by atoms with Crippen molar-refractivity contribution in [2.45, 2.75) is 62.3 Å². The Morgan fingerprint density at radius 1 is 0.442 bits per heavy atom. The Labute approximate surface area is 310 Å². The number of hydrogen-bond acceptors (Lipinski definition) is 7. The second kappa shape index (κ2) is 19.0. The first-order valence-corrected chi connectivity index (χ1v) is 17.9. The van der Waals surface area contributed by atoms with Gasteiger partial charge in [0, 0.05) is 52.6 Å². The first kappa shape index (κ1) is 41.5. The molecule has 52 heavy (non-hydrogen) atoms. The summed E-state index contributed by atoms with van der Waals surface area (Å²) in [7, 11) is 0. The molecule has 3 aromatic carbocycles. The third-order valence-electron chi connectivity index (χ3n) is 7.94. The van der Waals surface area contributed by atoms with Crippen molar-refractivity contribution in [1.29, 1.82) is 0 Å². The van der Waals surface area contributed by atoms with Gasteiger partial charge < -0.3 is 16.0 Å². The maximum Gasteiger partial charge on any atom is 0.230 e. The van der Waals surface area contributed by atoms with E-state index in [9.17, 15) is 14.4 Å². The Kier molecular flexibility index (Phi) is 15.2. The van der Waals surface area contributed by atoms with Gasteiger partial charge in [-0.3, -0.25) is 34.3 Å². The molecule has 0 spiro atoms. The first-order chi connectivity index (χ1) is 24.4. The van der Waals surface area contributed by atoms with Crippen molar-refractivity contribution in [2.24, 2.45) is 31.2 Å². The fourth-order valence-electron chi connectivity index (χ4n) is 4.53. The van der Waals surface area contributed by atoms with Gasteiger partial charge in [-0.2, -0.15) is 0 Å². The number of carbonyl (C=O) groups is 3. The van der Waals surface area contributed by atoms with Crippen LogP contribution >= 0.6 is 0 Å². The van der Waals surface area contributed by atoms with E-state index in [0.717, 1.165) is 16.7 Å². The molecule has 3 aromatic rings. The van der Waals surface area contributed by atoms with Gasteiger partial charge in [0.2, 0.25) is 17.7 Å². The summed E-state index contributed by atoms with van der Waals surface area (Å²) in [4.78, 5) is 55.7. The van der Waals surface area contributed by atoms with Gasteiger partial charge >= 0.3 is 0 Å². The molecule has 10 nitrogen and oxygen atoms in total. The normalized spacial score (nSPS) is 13.2. The van der Waals surface area contributed by atoms with Gasteiger partial charge in [-0.25, -0.2) is 0 Å². The van der Waals surface area contributed by atoms with Crippen LogP contribution in [0.15, 0.2) is 106 Å². The van der Waals surface area contributed by atoms with Gasteiger partial charge in [-0.05, 0) is 0 Å². The molecular formula is C42H57N7O3. The van der Waals surface area contributed by atoms with Crippen LogP contribution in [-0.2, 0) is 14.4 Å². The number of hydrogen-bond donors (Lipinski definition) is 3. The topological polar surface area (TPSA) is 128 Å². The predicted molar refractivity (Wildman–Crippen MR) is 213 cm³/mol. The second-order valence-corrected chi connectivity index (χ2v) is 15.7. The number of benzene rings is 3. The molecule has 0 aliphatic heterocycles. The third kappa shape index (κ3) is 14.0. The van der Waals surface area contributed by atoms with Crippen molar-refractivity contribution < 1.29 is 14.4 Å². The number of aliphatic imine (C=N–C) groups is 3. The summed E-state index contributed by atoms with van der Waals surface area (Å²) in [5.74, 6) is 1.20. The fraction of sp³-hybridized carbons (Fsp3) is 0.429. The molecule has 3 rings (SSSR count). The van der Waals surface area contributed by atoms with Crippen LogP contribution in [0.25, 0.3) is 0 Å². The van der Waals surface area contributed by atoms with Crippen molar-refractivity contribution in [3.05, 3.63) is 108 Å². The van der Waals surface area contributed by atoms with E-state index in [0.29, 0.717) is 56.8 Å². The van der Waals surface area contributed by atoms with E-state index in [4.69, 9.17) is 15.0 Å². The highest BCUT2D eigenvalue weighted by Crippen LogP contribution is 2.15. The van der Waals surface area contributed by atoms with E-state index in [-0.39, 0.29) is 17.7 Å². The number of carbonyl (C=O) groups excluding carboxylic acids is 3. The second-order valence-electron chi connectivity index (χ2n) is 15.7. The standard InChI is InChI=1S/C42H57N7O3/c1-40(2,3)37(50)46-34(31-19-13-10-14-20-31)43-25-28-49(29-26-44-35(32-21-15-11-16-22-32)47-38(51)41(4,5)6)30-27-45-36(33-23-17-12-18-24-33)48-39(52)42(7,8)9/h10-24H,25-30H2,1-9H3,(H,43,46,50)(H,44,47,51)(H,45,48,52). The minimum absolute atomic E-state index is 0.118. The molecule has 278 valence electrons. The van der Waals surface area contributed by atoms with E-state index < -0.39 is 16.2 Å². The van der Waals surface area contributed by atoms with E-state index in [1.807, 2.05) is 153 Å². The lowest BCUT2D eigenvalue weighted by atomic mass is 9.95. The van der Waals surface area contributed by atoms with Gasteiger partial charge in [0.05, 0.1) is 19.6 Å². The lowest BCUT2D eigenvalue weighted by Crippen LogP contribution is -2.41. The highest BCUT2D eigenvalue weighted by Gasteiger charge is 2.25. The zero-order valence-electron chi connectivity index (χ0n) is 32.4. The van der Waals surface area contributed by atoms with Crippen molar-refractivity contribution in [3.8, 4) is 0 Å². The van der Waals surface area contributed by atoms with Crippen LogP contribution in [0.3, 0.4) is 0 Å². The lowest BCUT2D eigenvalue weighted by Gasteiger charge is -2.22. The molecule has 0 bridgehead atoms. The summed E-state index contributed by atoms with van der Waals surface area (Å²) in [6.07, 6.45) is 0. The van der Waals surface area contributed by atoms with Crippen LogP contribution in [-0.4, -0.2) is 79.4 Å². The summed E-state index contributed by atoms with van der Waals surface area (Å²) in [6.45, 7) is 19.7. The Morgan fingerprint density at radius 3 is 0.885 bits per heavy atom. The lowest BCUT2D eigenvalue weighted by molar-refractivity contribution is -0.127. The van der Waals surface area contributed by atoms with Crippen molar-refractivity contribution >= 4 is 35.2 Å². The summed E-state index contributed by atoms with van der Waals surface area (Å²) in [6, 6.07) is 28.9. The molecule has 0 heterocycles. The molecule has 10 heteroatoms. The van der Waals surface area contributed by atoms with Crippen LogP contribution < -0.4 is 16.0 Å². The first-order valence-electron chi connectivity index (χ1n) is 17.9. The van der Waals surface area contributed by atoms with Crippen LogP contribution in [0, 0.1) is 16.2 Å². The molecular weight excluding hydrogens is 651 g/mol. The maximum absolute atomic E-state index is 13.0. The van der Waals surface area contributed by atoms with Crippen LogP contribution in [0.5, 0.6) is 0 Å². The van der Waals surface area contributed by atoms with Gasteiger partial charge in [-0.1, -0.05) is 153 Å². The monoisotopic (exact) mass is 707 g/mol. The smallest absolute Gasteiger partial charge is 0.230 e. The Hall–Kier alpha value is -4.96. The van der Waals surface area contributed by atoms with E-state index in [1.54, 1.807) is 0 Å². The van der Waals surface area contributed by atoms with E-state index in [1.165, 1.54) is 0 Å². The highest BCUT2D eigenvalue weighted by molar-refractivity contribution is 6.10. The molecule has 0 aromatic heterocycles. The number of rotatable bonds is 12. The Morgan fingerprint density at radius 2 is 0.673 bits per heavy atom. The molecule has 0 atom stereocenters. The van der Waals surface area contributed by atoms with Crippen molar-refractivity contribution in [2.75, 3.05) is 39.3 Å². The van der Waals surface area contributed by atoms with E-state index in [2.05, 4.69) is 20.9 Å². The maximum atomic E-state index is 13.0. The minimum Gasteiger partial charge on any atom is -0.310 e. The zero-order valence-corrected chi connectivity index (χ0v) is 32.4. The largest absolute Gasteiger partial charge is 0.310 e. The van der Waals surface area contributed by atoms with Gasteiger partial charge in [0.15, 0.2) is 0 Å². The van der Waals surface area contributed by atoms with Crippen LogP contribution in [0.1, 0.15) is 79.0 Å². The molecule has 0 saturated heterocycles. The van der Waals surface area contributed by atoms with E-state index >= 15 is 0 Å². The summed E-state index contributed by atoms with van der Waals surface area (Å²) in [5, 5.41) is 9.09. The Bertz CT molecular complexity index is 1490. The number of amides is 3. The van der Waals surface area contributed by atoms with Gasteiger partial charge in [-0.15, -0.1) is 0 Å². The number of amidine groups is 3. The highest BCUT2D eigenvalue weighted by atomic mass is 16.2. The van der Waals surface area contributed by atoms with Crippen LogP contribution in [0.2, 0.25) is 0 Å². The summed E-state index contributed by atoms with van der Waals surface area (Å²) in [5.41, 5.74) is 0.708. The molecule has 0 radical (unpaired) electrons. The quantitative estimate of drug-likeness (QED) is 0.155. The zero-order chi connectivity index (χ0) is 38.4. The molecule has 0 aliphatic rings. The molecule has 3 N–H and O–H groups in total. The van der Waals surface area contributed by atoms with Crippen molar-refractivity contribution in [1.82, 2.24) is 20.9 Å². The molecule has 0 fully saturated rings. The molecule has 0 saturated carbocycles. The molecule has 0 aliphatic carbocycles. The van der Waals surface area contributed by atoms with Crippen molar-refractivity contribution in [3.63, 3.8) is 0 Å². The molecule has 3 amide bonds. The fourth-order valence-corrected chi connectivity index (χ4v) is 4.53. The van der Waals surface area contributed by atoms with Gasteiger partial charge in [0.1, 0.15) is 17.5 Å². The summed E-state index contributed by atoms with van der Waals surface area (Å²) >= 11 is 0. The number of nitrogens with one attached hydrogen (secondary N) is 3. The third-order valence-corrected chi connectivity index (χ3v) is 7.94. The molecule has 0 unspecified atom stereocenters. The minimum atomic E-state index is -0.588.